The fraction of sp³-hybridized carbons (Fsp3) is 1.00. The molecule has 2 unspecified atom stereocenters. The van der Waals surface area contributed by atoms with Crippen LogP contribution in [0.3, 0.4) is 0 Å². The molecule has 0 saturated carbocycles. The number of alkyl halides is 3. The van der Waals surface area contributed by atoms with Crippen molar-refractivity contribution in [3.63, 3.8) is 0 Å². The van der Waals surface area contributed by atoms with E-state index in [2.05, 4.69) is 6.92 Å². The molecule has 0 heterocycles. The maximum Gasteiger partial charge on any atom is 0.337 e. The van der Waals surface area contributed by atoms with Crippen LogP contribution in [-0.2, 0) is 8.85 Å². The van der Waals surface area contributed by atoms with Crippen LogP contribution in [0.1, 0.15) is 66.2 Å². The first-order valence-electron chi connectivity index (χ1n) is 7.98. The standard InChI is InChI=1S/C15H31F3O2Si/c1-6-7-8-9-10-11-12-21(5,19-13(2)3)20-15(4,18)14(16)17/h13-14H,6-12H2,1-5H3. The van der Waals surface area contributed by atoms with Crippen molar-refractivity contribution in [3.8, 4) is 0 Å². The highest BCUT2D eigenvalue weighted by Crippen LogP contribution is 2.30. The highest BCUT2D eigenvalue weighted by molar-refractivity contribution is 6.66. The van der Waals surface area contributed by atoms with Crippen molar-refractivity contribution < 1.29 is 22.0 Å². The molecule has 2 atom stereocenters. The Morgan fingerprint density at radius 2 is 1.57 bits per heavy atom. The summed E-state index contributed by atoms with van der Waals surface area (Å²) in [5, 5.41) is 0. The number of halogens is 3. The third kappa shape index (κ3) is 9.53. The van der Waals surface area contributed by atoms with Crippen molar-refractivity contribution in [2.24, 2.45) is 0 Å². The first kappa shape index (κ1) is 20.9. The number of rotatable bonds is 12. The minimum absolute atomic E-state index is 0.157. The van der Waals surface area contributed by atoms with Crippen LogP contribution in [0, 0.1) is 0 Å². The molecule has 0 saturated heterocycles. The lowest BCUT2D eigenvalue weighted by atomic mass is 10.1. The zero-order chi connectivity index (χ0) is 16.5. The highest BCUT2D eigenvalue weighted by atomic mass is 28.4. The monoisotopic (exact) mass is 328 g/mol. The van der Waals surface area contributed by atoms with Crippen LogP contribution in [0.15, 0.2) is 0 Å². The molecule has 128 valence electrons. The van der Waals surface area contributed by atoms with Gasteiger partial charge in [0.2, 0.25) is 0 Å². The molecule has 0 aliphatic rings. The molecule has 0 amide bonds. The lowest BCUT2D eigenvalue weighted by Gasteiger charge is -2.34. The average molecular weight is 328 g/mol. The summed E-state index contributed by atoms with van der Waals surface area (Å²) in [7, 11) is -2.93. The van der Waals surface area contributed by atoms with Gasteiger partial charge in [0.25, 0.3) is 12.3 Å². The second-order valence-corrected chi connectivity index (χ2v) is 9.41. The minimum atomic E-state index is -3.16. The van der Waals surface area contributed by atoms with E-state index in [-0.39, 0.29) is 6.10 Å². The van der Waals surface area contributed by atoms with Crippen LogP contribution in [0.2, 0.25) is 12.6 Å². The smallest absolute Gasteiger partial charge is 0.337 e. The summed E-state index contributed by atoms with van der Waals surface area (Å²) in [5.41, 5.74) is 0. The quantitative estimate of drug-likeness (QED) is 0.332. The molecule has 0 aromatic heterocycles. The van der Waals surface area contributed by atoms with E-state index in [1.54, 1.807) is 6.55 Å². The zero-order valence-corrected chi connectivity index (χ0v) is 15.1. The van der Waals surface area contributed by atoms with Crippen LogP contribution >= 0.6 is 0 Å². The molecular weight excluding hydrogens is 297 g/mol. The fourth-order valence-corrected chi connectivity index (χ4v) is 5.42. The maximum atomic E-state index is 13.8. The Labute approximate surface area is 128 Å². The molecule has 6 heteroatoms. The van der Waals surface area contributed by atoms with E-state index >= 15 is 0 Å². The summed E-state index contributed by atoms with van der Waals surface area (Å²) in [6.07, 6.45) is 3.20. The summed E-state index contributed by atoms with van der Waals surface area (Å²) in [4.78, 5) is 0. The lowest BCUT2D eigenvalue weighted by molar-refractivity contribution is -0.170. The van der Waals surface area contributed by atoms with E-state index in [0.29, 0.717) is 6.04 Å². The van der Waals surface area contributed by atoms with Gasteiger partial charge in [0.1, 0.15) is 0 Å². The van der Waals surface area contributed by atoms with Gasteiger partial charge in [-0.05, 0) is 33.4 Å². The molecule has 0 radical (unpaired) electrons. The zero-order valence-electron chi connectivity index (χ0n) is 14.1. The second-order valence-electron chi connectivity index (χ2n) is 6.21. The number of hydrogen-bond acceptors (Lipinski definition) is 2. The molecule has 0 bridgehead atoms. The third-order valence-electron chi connectivity index (χ3n) is 3.27. The Bertz CT molecular complexity index is 276. The molecule has 2 nitrogen and oxygen atoms in total. The molecule has 0 fully saturated rings. The molecule has 0 aromatic rings. The van der Waals surface area contributed by atoms with Gasteiger partial charge in [0.15, 0.2) is 0 Å². The largest absolute Gasteiger partial charge is 0.392 e. The van der Waals surface area contributed by atoms with Crippen LogP contribution in [0.25, 0.3) is 0 Å². The molecule has 21 heavy (non-hydrogen) atoms. The van der Waals surface area contributed by atoms with Gasteiger partial charge in [0.05, 0.1) is 0 Å². The summed E-state index contributed by atoms with van der Waals surface area (Å²) in [6.45, 7) is 8.25. The average Bonchev–Trinajstić information content (AvgIpc) is 2.31. The van der Waals surface area contributed by atoms with Gasteiger partial charge in [-0.3, -0.25) is 0 Å². The van der Waals surface area contributed by atoms with E-state index in [1.807, 2.05) is 13.8 Å². The second kappa shape index (κ2) is 9.85. The normalized spacial score (nSPS) is 18.0. The highest BCUT2D eigenvalue weighted by Gasteiger charge is 2.46. The molecule has 0 aromatic carbocycles. The van der Waals surface area contributed by atoms with E-state index in [4.69, 9.17) is 8.85 Å². The van der Waals surface area contributed by atoms with Gasteiger partial charge in [0, 0.05) is 6.10 Å². The summed E-state index contributed by atoms with van der Waals surface area (Å²) >= 11 is 0. The van der Waals surface area contributed by atoms with E-state index in [1.165, 1.54) is 19.3 Å². The number of unbranched alkanes of at least 4 members (excludes halogenated alkanes) is 5. The van der Waals surface area contributed by atoms with Gasteiger partial charge >= 0.3 is 8.56 Å². The van der Waals surface area contributed by atoms with Crippen molar-refractivity contribution in [1.29, 1.82) is 0 Å². The van der Waals surface area contributed by atoms with Crippen LogP contribution < -0.4 is 0 Å². The van der Waals surface area contributed by atoms with Gasteiger partial charge in [-0.25, -0.2) is 13.2 Å². The molecule has 0 spiro atoms. The lowest BCUT2D eigenvalue weighted by Crippen LogP contribution is -2.49. The van der Waals surface area contributed by atoms with Gasteiger partial charge in [-0.2, -0.15) is 0 Å². The SMILES string of the molecule is CCCCCCCC[Si](C)(OC(C)C)OC(C)(F)C(F)F. The summed E-state index contributed by atoms with van der Waals surface area (Å²) < 4.78 is 50.0. The van der Waals surface area contributed by atoms with Crippen LogP contribution in [0.5, 0.6) is 0 Å². The Morgan fingerprint density at radius 3 is 2.05 bits per heavy atom. The van der Waals surface area contributed by atoms with Crippen LogP contribution in [-0.4, -0.2) is 26.9 Å². The topological polar surface area (TPSA) is 18.5 Å². The van der Waals surface area contributed by atoms with E-state index in [9.17, 15) is 13.2 Å². The summed E-state index contributed by atoms with van der Waals surface area (Å²) in [6, 6.07) is 0.545. The first-order valence-corrected chi connectivity index (χ1v) is 10.5. The maximum absolute atomic E-state index is 13.8. The van der Waals surface area contributed by atoms with Gasteiger partial charge < -0.3 is 8.85 Å². The van der Waals surface area contributed by atoms with E-state index < -0.39 is 20.8 Å². The fourth-order valence-electron chi connectivity index (χ4n) is 2.33. The minimum Gasteiger partial charge on any atom is -0.392 e. The Kier molecular flexibility index (Phi) is 9.81. The molecular formula is C15H31F3O2Si. The first-order chi connectivity index (χ1) is 9.63. The van der Waals surface area contributed by atoms with Crippen molar-refractivity contribution in [3.05, 3.63) is 0 Å². The van der Waals surface area contributed by atoms with Crippen molar-refractivity contribution in [1.82, 2.24) is 0 Å². The van der Waals surface area contributed by atoms with E-state index in [0.717, 1.165) is 26.2 Å². The Hall–Kier alpha value is -0.0731. The predicted molar refractivity (Wildman–Crippen MR) is 82.6 cm³/mol. The van der Waals surface area contributed by atoms with Gasteiger partial charge in [-0.15, -0.1) is 0 Å². The molecule has 0 aliphatic heterocycles. The molecule has 0 aliphatic carbocycles. The van der Waals surface area contributed by atoms with Gasteiger partial charge in [-0.1, -0.05) is 45.4 Å². The van der Waals surface area contributed by atoms with Crippen molar-refractivity contribution in [2.75, 3.05) is 0 Å². The predicted octanol–water partition coefficient (Wildman–Crippen LogP) is 5.81. The summed E-state index contributed by atoms with van der Waals surface area (Å²) in [5.74, 6) is -2.93. The van der Waals surface area contributed by atoms with Crippen LogP contribution in [0.4, 0.5) is 13.2 Å². The third-order valence-corrected chi connectivity index (χ3v) is 6.34. The molecule has 0 N–H and O–H groups in total. The van der Waals surface area contributed by atoms with Crippen molar-refractivity contribution in [2.45, 2.75) is 97.2 Å². The van der Waals surface area contributed by atoms with Crippen molar-refractivity contribution >= 4 is 8.56 Å². The Morgan fingerprint density at radius 1 is 1.05 bits per heavy atom. The molecule has 0 rings (SSSR count). The number of hydrogen-bond donors (Lipinski definition) is 0. The Balaban J connectivity index is 4.41.